The fraction of sp³-hybridized carbons (Fsp3) is 0.591. The molecule has 1 aromatic carbocycles. The molecule has 0 aliphatic carbocycles. The maximum atomic E-state index is 13.5. The molecule has 0 amide bonds. The quantitative estimate of drug-likeness (QED) is 0.0777. The van der Waals surface area contributed by atoms with Crippen molar-refractivity contribution in [3.8, 4) is 0 Å². The van der Waals surface area contributed by atoms with E-state index >= 15 is 0 Å². The number of methoxy groups -OCH3 is 2. The zero-order valence-corrected chi connectivity index (χ0v) is 35.4. The van der Waals surface area contributed by atoms with Crippen LogP contribution in [-0.4, -0.2) is 177 Å². The standard InChI is InChI=1S/C44H58N2O18/c1-5-20-22(26(39(55)57-3)18-59-41(20)63-43-37(53)35(51)33(49)30(16-47)61-43)11-13-46-14-12-24-23-9-7-8-10-28(23)45-32(24)29(46)15-25-21(6-2)42(60-19-27(25)40(56)58-4)64-44-38(54)36(52)34(50)31(17-48)62-44/h5-10,18-22,25,29-31,33-38,41-45,47-54H,1-2,11-17H2,3-4H3/t20-,21-,22?,25+,29?,30-,31-,33-,34-,35+,36+,37-,38-,41+,42+,43+,44+/m1/s1. The van der Waals surface area contributed by atoms with Crippen molar-refractivity contribution in [3.05, 3.63) is 84.5 Å². The van der Waals surface area contributed by atoms with E-state index in [0.29, 0.717) is 25.9 Å². The summed E-state index contributed by atoms with van der Waals surface area (Å²) < 4.78 is 45.5. The van der Waals surface area contributed by atoms with Crippen LogP contribution in [0.2, 0.25) is 0 Å². The van der Waals surface area contributed by atoms with Crippen LogP contribution in [0.1, 0.15) is 30.1 Å². The largest absolute Gasteiger partial charge is 0.471 e. The number of fused-ring (bicyclic) bond motifs is 3. The van der Waals surface area contributed by atoms with Gasteiger partial charge in [0.15, 0.2) is 12.6 Å². The molecule has 20 nitrogen and oxygen atoms in total. The third-order valence-electron chi connectivity index (χ3n) is 13.1. The minimum Gasteiger partial charge on any atom is -0.471 e. The van der Waals surface area contributed by atoms with E-state index in [-0.39, 0.29) is 17.6 Å². The van der Waals surface area contributed by atoms with Crippen LogP contribution in [0.3, 0.4) is 0 Å². The average Bonchev–Trinajstić information content (AvgIpc) is 3.70. The maximum absolute atomic E-state index is 13.5. The number of aliphatic hydroxyl groups is 8. The van der Waals surface area contributed by atoms with E-state index in [1.807, 2.05) is 24.3 Å². The third-order valence-corrected chi connectivity index (χ3v) is 13.1. The Kier molecular flexibility index (Phi) is 15.3. The Bertz CT molecular complexity index is 2040. The summed E-state index contributed by atoms with van der Waals surface area (Å²) in [5.41, 5.74) is 3.22. The first-order valence-corrected chi connectivity index (χ1v) is 21.2. The van der Waals surface area contributed by atoms with E-state index in [2.05, 4.69) is 23.0 Å². The van der Waals surface area contributed by atoms with Gasteiger partial charge in [0.25, 0.3) is 0 Å². The number of benzene rings is 1. The lowest BCUT2D eigenvalue weighted by Crippen LogP contribution is -2.60. The molecular formula is C44H58N2O18. The number of aliphatic hydroxyl groups excluding tert-OH is 8. The van der Waals surface area contributed by atoms with E-state index in [4.69, 9.17) is 37.9 Å². The second kappa shape index (κ2) is 20.5. The lowest BCUT2D eigenvalue weighted by Gasteiger charge is -2.45. The molecule has 0 radical (unpaired) electrons. The van der Waals surface area contributed by atoms with Gasteiger partial charge >= 0.3 is 11.9 Å². The molecule has 0 spiro atoms. The predicted octanol–water partition coefficient (Wildman–Crippen LogP) is -0.856. The molecule has 2 saturated heterocycles. The lowest BCUT2D eigenvalue weighted by atomic mass is 9.77. The fourth-order valence-corrected chi connectivity index (χ4v) is 9.57. The molecule has 1 aromatic heterocycles. The number of H-pyrrole nitrogens is 1. The molecule has 5 aliphatic rings. The smallest absolute Gasteiger partial charge is 0.337 e. The SMILES string of the molecule is C=C[C@H]1[C@H](O[C@@H]2O[C@H](CO)[C@@H](O)[C@H](O)[C@H]2O)OC=C(C(=O)OC)[C@H]1CC1c2[nH]c3ccccc3c2CCN1CCC1C(C(=O)OC)=CO[C@@H](O[C@@H]2O[C@H](CO)[C@@H](O)[C@H](O)[C@H]2O)[C@@H]1C=C. The van der Waals surface area contributed by atoms with Gasteiger partial charge in [0, 0.05) is 46.8 Å². The van der Waals surface area contributed by atoms with E-state index < -0.39 is 129 Å². The molecule has 17 atom stereocenters. The molecule has 6 heterocycles. The molecule has 2 aromatic rings. The Morgan fingerprint density at radius 3 is 1.78 bits per heavy atom. The van der Waals surface area contributed by atoms with Gasteiger partial charge in [-0.1, -0.05) is 30.4 Å². The molecule has 9 N–H and O–H groups in total. The number of hydrogen-bond donors (Lipinski definition) is 9. The van der Waals surface area contributed by atoms with Gasteiger partial charge in [0.2, 0.25) is 12.6 Å². The van der Waals surface area contributed by atoms with Crippen LogP contribution in [0, 0.1) is 23.7 Å². The summed E-state index contributed by atoms with van der Waals surface area (Å²) in [6, 6.07) is 7.44. The Morgan fingerprint density at radius 1 is 0.750 bits per heavy atom. The van der Waals surface area contributed by atoms with Crippen molar-refractivity contribution in [1.82, 2.24) is 9.88 Å². The van der Waals surface area contributed by atoms with Crippen LogP contribution in [-0.2, 0) is 53.9 Å². The first kappa shape index (κ1) is 47.7. The minimum absolute atomic E-state index is 0.171. The van der Waals surface area contributed by atoms with Gasteiger partial charge in [-0.05, 0) is 37.4 Å². The fourth-order valence-electron chi connectivity index (χ4n) is 9.57. The number of carbonyl (C=O) groups is 2. The molecule has 7 rings (SSSR count). The predicted molar refractivity (Wildman–Crippen MR) is 220 cm³/mol. The summed E-state index contributed by atoms with van der Waals surface area (Å²) in [5.74, 6) is -4.23. The Labute approximate surface area is 368 Å². The van der Waals surface area contributed by atoms with Gasteiger partial charge in [-0.25, -0.2) is 9.59 Å². The first-order valence-electron chi connectivity index (χ1n) is 21.2. The molecule has 2 fully saturated rings. The van der Waals surface area contributed by atoms with Gasteiger partial charge in [-0.3, -0.25) is 4.90 Å². The molecule has 0 bridgehead atoms. The molecule has 0 saturated carbocycles. The summed E-state index contributed by atoms with van der Waals surface area (Å²) in [7, 11) is 2.48. The van der Waals surface area contributed by atoms with Crippen molar-refractivity contribution in [2.45, 2.75) is 99.3 Å². The molecule has 5 aliphatic heterocycles. The van der Waals surface area contributed by atoms with Crippen LogP contribution < -0.4 is 0 Å². The second-order valence-electron chi connectivity index (χ2n) is 16.5. The van der Waals surface area contributed by atoms with Gasteiger partial charge < -0.3 is 83.7 Å². The van der Waals surface area contributed by atoms with Gasteiger partial charge in [-0.15, -0.1) is 13.2 Å². The van der Waals surface area contributed by atoms with Crippen LogP contribution in [0.25, 0.3) is 10.9 Å². The van der Waals surface area contributed by atoms with Crippen molar-refractivity contribution in [2.24, 2.45) is 23.7 Å². The molecule has 20 heteroatoms. The zero-order chi connectivity index (χ0) is 46.0. The third kappa shape index (κ3) is 9.12. The van der Waals surface area contributed by atoms with Crippen molar-refractivity contribution >= 4 is 22.8 Å². The summed E-state index contributed by atoms with van der Waals surface area (Å²) >= 11 is 0. The van der Waals surface area contributed by atoms with Gasteiger partial charge in [0.05, 0.1) is 57.1 Å². The summed E-state index contributed by atoms with van der Waals surface area (Å²) in [4.78, 5) is 32.6. The molecule has 352 valence electrons. The number of rotatable bonds is 15. The van der Waals surface area contributed by atoms with Crippen molar-refractivity contribution in [3.63, 3.8) is 0 Å². The maximum Gasteiger partial charge on any atom is 0.337 e. The van der Waals surface area contributed by atoms with Crippen molar-refractivity contribution in [1.29, 1.82) is 0 Å². The summed E-state index contributed by atoms with van der Waals surface area (Å²) in [6.07, 6.45) is -11.4. The Balaban J connectivity index is 1.19. The van der Waals surface area contributed by atoms with Crippen molar-refractivity contribution < 1.29 is 88.3 Å². The van der Waals surface area contributed by atoms with E-state index in [0.717, 1.165) is 22.2 Å². The highest BCUT2D eigenvalue weighted by Gasteiger charge is 2.50. The molecular weight excluding hydrogens is 844 g/mol. The number of nitrogens with zero attached hydrogens (tertiary/aromatic N) is 1. The van der Waals surface area contributed by atoms with Crippen LogP contribution in [0.5, 0.6) is 0 Å². The Hall–Kier alpha value is -4.26. The number of ether oxygens (including phenoxy) is 8. The number of nitrogens with one attached hydrogen (secondary N) is 1. The number of carbonyl (C=O) groups excluding carboxylic acids is 2. The van der Waals surface area contributed by atoms with E-state index in [9.17, 15) is 50.4 Å². The second-order valence-corrected chi connectivity index (χ2v) is 16.5. The summed E-state index contributed by atoms with van der Waals surface area (Å²) in [6.45, 7) is 7.58. The van der Waals surface area contributed by atoms with Crippen LogP contribution >= 0.6 is 0 Å². The van der Waals surface area contributed by atoms with Crippen LogP contribution in [0.4, 0.5) is 0 Å². The summed E-state index contributed by atoms with van der Waals surface area (Å²) in [5, 5.41) is 83.8. The van der Waals surface area contributed by atoms with Gasteiger partial charge in [0.1, 0.15) is 48.8 Å². The number of aromatic nitrogens is 1. The molecule has 64 heavy (non-hydrogen) atoms. The number of aromatic amines is 1. The normalized spacial score (nSPS) is 37.9. The number of para-hydroxylation sites is 1. The average molecular weight is 903 g/mol. The lowest BCUT2D eigenvalue weighted by molar-refractivity contribution is -0.339. The molecule has 2 unspecified atom stereocenters. The number of esters is 2. The monoisotopic (exact) mass is 902 g/mol. The highest BCUT2D eigenvalue weighted by atomic mass is 16.8. The van der Waals surface area contributed by atoms with Crippen LogP contribution in [0.15, 0.2) is 73.2 Å². The zero-order valence-electron chi connectivity index (χ0n) is 35.4. The van der Waals surface area contributed by atoms with E-state index in [1.165, 1.54) is 26.7 Å². The minimum atomic E-state index is -1.73. The highest BCUT2D eigenvalue weighted by molar-refractivity contribution is 5.89. The van der Waals surface area contributed by atoms with Gasteiger partial charge in [-0.2, -0.15) is 0 Å². The van der Waals surface area contributed by atoms with E-state index in [1.54, 1.807) is 12.2 Å². The number of hydrogen-bond acceptors (Lipinski definition) is 19. The highest BCUT2D eigenvalue weighted by Crippen LogP contribution is 2.46. The van der Waals surface area contributed by atoms with Crippen molar-refractivity contribution in [2.75, 3.05) is 40.5 Å². The first-order chi connectivity index (χ1) is 30.8. The Morgan fingerprint density at radius 2 is 1.27 bits per heavy atom. The topological polar surface area (TPSA) is 289 Å².